The standard InChI is InChI=1S/C17H20N2/c1-13-7-9-18-11-16(13)15-8-10-19-12-17(15)14-5-3-2-4-6-14/h2-7,9,11,15,17,19H,8,10,12H2,1H3. The van der Waals surface area contributed by atoms with E-state index in [1.807, 2.05) is 6.20 Å². The normalized spacial score (nSPS) is 23.2. The quantitative estimate of drug-likeness (QED) is 0.887. The highest BCUT2D eigenvalue weighted by Crippen LogP contribution is 2.38. The Morgan fingerprint density at radius 2 is 1.95 bits per heavy atom. The number of aryl methyl sites for hydroxylation is 1. The molecule has 2 atom stereocenters. The number of piperidine rings is 1. The molecule has 0 spiro atoms. The van der Waals surface area contributed by atoms with Gasteiger partial charge in [0, 0.05) is 24.9 Å². The van der Waals surface area contributed by atoms with Crippen LogP contribution in [0.15, 0.2) is 48.8 Å². The smallest absolute Gasteiger partial charge is 0.0305 e. The van der Waals surface area contributed by atoms with E-state index in [1.165, 1.54) is 23.1 Å². The molecular formula is C17H20N2. The van der Waals surface area contributed by atoms with Crippen molar-refractivity contribution >= 4 is 0 Å². The summed E-state index contributed by atoms with van der Waals surface area (Å²) >= 11 is 0. The lowest BCUT2D eigenvalue weighted by atomic mass is 9.77. The highest BCUT2D eigenvalue weighted by Gasteiger charge is 2.28. The summed E-state index contributed by atoms with van der Waals surface area (Å²) in [5, 5.41) is 3.53. The maximum atomic E-state index is 4.33. The van der Waals surface area contributed by atoms with Crippen LogP contribution in [-0.4, -0.2) is 18.1 Å². The Labute approximate surface area is 114 Å². The summed E-state index contributed by atoms with van der Waals surface area (Å²) in [6.07, 6.45) is 5.13. The van der Waals surface area contributed by atoms with E-state index < -0.39 is 0 Å². The van der Waals surface area contributed by atoms with Gasteiger partial charge in [0.25, 0.3) is 0 Å². The van der Waals surface area contributed by atoms with Crippen LogP contribution in [0.3, 0.4) is 0 Å². The third-order valence-electron chi connectivity index (χ3n) is 4.19. The Kier molecular flexibility index (Phi) is 3.60. The molecule has 1 aromatic carbocycles. The van der Waals surface area contributed by atoms with Crippen LogP contribution in [0.4, 0.5) is 0 Å². The van der Waals surface area contributed by atoms with E-state index in [1.54, 1.807) is 0 Å². The van der Waals surface area contributed by atoms with Gasteiger partial charge in [0.15, 0.2) is 0 Å². The largest absolute Gasteiger partial charge is 0.316 e. The van der Waals surface area contributed by atoms with Gasteiger partial charge < -0.3 is 5.32 Å². The Bertz CT molecular complexity index is 536. The van der Waals surface area contributed by atoms with Crippen molar-refractivity contribution in [3.05, 3.63) is 65.5 Å². The predicted octanol–water partition coefficient (Wildman–Crippen LogP) is 3.25. The molecule has 1 fully saturated rings. The van der Waals surface area contributed by atoms with Crippen molar-refractivity contribution < 1.29 is 0 Å². The van der Waals surface area contributed by atoms with Gasteiger partial charge >= 0.3 is 0 Å². The second-order valence-electron chi connectivity index (χ2n) is 5.35. The summed E-state index contributed by atoms with van der Waals surface area (Å²) in [6.45, 7) is 4.35. The SMILES string of the molecule is Cc1ccncc1C1CCNCC1c1ccccc1. The molecular weight excluding hydrogens is 232 g/mol. The van der Waals surface area contributed by atoms with Crippen molar-refractivity contribution in [2.45, 2.75) is 25.2 Å². The number of benzene rings is 1. The zero-order valence-electron chi connectivity index (χ0n) is 11.3. The minimum atomic E-state index is 0.554. The first-order chi connectivity index (χ1) is 9.36. The van der Waals surface area contributed by atoms with E-state index >= 15 is 0 Å². The fourth-order valence-electron chi connectivity index (χ4n) is 3.15. The van der Waals surface area contributed by atoms with E-state index in [4.69, 9.17) is 0 Å². The van der Waals surface area contributed by atoms with E-state index in [0.29, 0.717) is 11.8 Å². The minimum absolute atomic E-state index is 0.554. The van der Waals surface area contributed by atoms with Crippen molar-refractivity contribution in [1.82, 2.24) is 10.3 Å². The van der Waals surface area contributed by atoms with Gasteiger partial charge in [-0.1, -0.05) is 30.3 Å². The number of aromatic nitrogens is 1. The first kappa shape index (κ1) is 12.4. The molecule has 1 aliphatic rings. The van der Waals surface area contributed by atoms with Gasteiger partial charge in [0.1, 0.15) is 0 Å². The molecule has 1 aromatic heterocycles. The van der Waals surface area contributed by atoms with Crippen LogP contribution < -0.4 is 5.32 Å². The molecule has 2 heterocycles. The second-order valence-corrected chi connectivity index (χ2v) is 5.35. The summed E-state index contributed by atoms with van der Waals surface area (Å²) in [7, 11) is 0. The molecule has 2 aromatic rings. The number of hydrogen-bond acceptors (Lipinski definition) is 2. The number of rotatable bonds is 2. The van der Waals surface area contributed by atoms with Crippen LogP contribution in [0.25, 0.3) is 0 Å². The van der Waals surface area contributed by atoms with Crippen molar-refractivity contribution in [1.29, 1.82) is 0 Å². The van der Waals surface area contributed by atoms with Crippen LogP contribution in [0.2, 0.25) is 0 Å². The molecule has 0 bridgehead atoms. The molecule has 1 saturated heterocycles. The van der Waals surface area contributed by atoms with Gasteiger partial charge in [-0.25, -0.2) is 0 Å². The Morgan fingerprint density at radius 1 is 1.11 bits per heavy atom. The molecule has 2 unspecified atom stereocenters. The third-order valence-corrected chi connectivity index (χ3v) is 4.19. The number of pyridine rings is 1. The van der Waals surface area contributed by atoms with Gasteiger partial charge in [-0.2, -0.15) is 0 Å². The van der Waals surface area contributed by atoms with Gasteiger partial charge in [-0.05, 0) is 48.6 Å². The van der Waals surface area contributed by atoms with Crippen molar-refractivity contribution in [2.75, 3.05) is 13.1 Å². The molecule has 3 rings (SSSR count). The Hall–Kier alpha value is -1.67. The lowest BCUT2D eigenvalue weighted by Crippen LogP contribution is -2.34. The highest BCUT2D eigenvalue weighted by atomic mass is 14.9. The molecule has 1 aliphatic heterocycles. The van der Waals surface area contributed by atoms with Crippen LogP contribution in [0.1, 0.15) is 34.9 Å². The van der Waals surface area contributed by atoms with Crippen LogP contribution in [0.5, 0.6) is 0 Å². The molecule has 2 nitrogen and oxygen atoms in total. The zero-order valence-corrected chi connectivity index (χ0v) is 11.3. The molecule has 19 heavy (non-hydrogen) atoms. The first-order valence-electron chi connectivity index (χ1n) is 7.02. The van der Waals surface area contributed by atoms with E-state index in [2.05, 4.69) is 59.8 Å². The lowest BCUT2D eigenvalue weighted by molar-refractivity contribution is 0.402. The number of nitrogens with one attached hydrogen (secondary N) is 1. The van der Waals surface area contributed by atoms with Crippen molar-refractivity contribution in [2.24, 2.45) is 0 Å². The summed E-state index contributed by atoms with van der Waals surface area (Å²) in [5.74, 6) is 1.13. The van der Waals surface area contributed by atoms with Gasteiger partial charge in [-0.3, -0.25) is 4.98 Å². The molecule has 0 amide bonds. The third kappa shape index (κ3) is 2.54. The number of nitrogens with zero attached hydrogens (tertiary/aromatic N) is 1. The Morgan fingerprint density at radius 3 is 2.74 bits per heavy atom. The molecule has 1 N–H and O–H groups in total. The van der Waals surface area contributed by atoms with Gasteiger partial charge in [0.2, 0.25) is 0 Å². The van der Waals surface area contributed by atoms with Crippen molar-refractivity contribution in [3.63, 3.8) is 0 Å². The minimum Gasteiger partial charge on any atom is -0.316 e. The average Bonchev–Trinajstić information content (AvgIpc) is 2.49. The van der Waals surface area contributed by atoms with E-state index in [9.17, 15) is 0 Å². The fourth-order valence-corrected chi connectivity index (χ4v) is 3.15. The van der Waals surface area contributed by atoms with Crippen LogP contribution in [0, 0.1) is 6.92 Å². The van der Waals surface area contributed by atoms with Crippen LogP contribution in [-0.2, 0) is 0 Å². The zero-order chi connectivity index (χ0) is 13.1. The molecule has 0 radical (unpaired) electrons. The maximum absolute atomic E-state index is 4.33. The number of hydrogen-bond donors (Lipinski definition) is 1. The second kappa shape index (κ2) is 5.54. The highest BCUT2D eigenvalue weighted by molar-refractivity contribution is 5.32. The monoisotopic (exact) mass is 252 g/mol. The molecule has 0 aliphatic carbocycles. The summed E-state index contributed by atoms with van der Waals surface area (Å²) < 4.78 is 0. The van der Waals surface area contributed by atoms with Gasteiger partial charge in [-0.15, -0.1) is 0 Å². The van der Waals surface area contributed by atoms with Crippen LogP contribution >= 0.6 is 0 Å². The molecule has 98 valence electrons. The first-order valence-corrected chi connectivity index (χ1v) is 7.02. The molecule has 2 heteroatoms. The Balaban J connectivity index is 1.96. The predicted molar refractivity (Wildman–Crippen MR) is 78.4 cm³/mol. The summed E-state index contributed by atoms with van der Waals surface area (Å²) in [4.78, 5) is 4.33. The lowest BCUT2D eigenvalue weighted by Gasteiger charge is -2.33. The fraction of sp³-hybridized carbons (Fsp3) is 0.353. The topological polar surface area (TPSA) is 24.9 Å². The maximum Gasteiger partial charge on any atom is 0.0305 e. The summed E-state index contributed by atoms with van der Waals surface area (Å²) in [6, 6.07) is 13.0. The summed E-state index contributed by atoms with van der Waals surface area (Å²) in [5.41, 5.74) is 4.21. The van der Waals surface area contributed by atoms with E-state index in [-0.39, 0.29) is 0 Å². The van der Waals surface area contributed by atoms with Gasteiger partial charge in [0.05, 0.1) is 0 Å². The van der Waals surface area contributed by atoms with Crippen molar-refractivity contribution in [3.8, 4) is 0 Å². The average molecular weight is 252 g/mol. The van der Waals surface area contributed by atoms with E-state index in [0.717, 1.165) is 13.1 Å². The molecule has 0 saturated carbocycles.